The number of hydrogen-bond donors (Lipinski definition) is 0. The van der Waals surface area contributed by atoms with Crippen molar-refractivity contribution in [3.8, 4) is 17.8 Å². The second-order valence-electron chi connectivity index (χ2n) is 19.5. The molecule has 6 heteroatoms. The van der Waals surface area contributed by atoms with E-state index < -0.39 is 5.54 Å². The maximum absolute atomic E-state index is 9.80. The zero-order chi connectivity index (χ0) is 48.2. The molecule has 7 aromatic carbocycles. The Morgan fingerprint density at radius 2 is 1.18 bits per heavy atom. The summed E-state index contributed by atoms with van der Waals surface area (Å²) in [6, 6.07) is 64.5. The molecule has 0 radical (unpaired) electrons. The fourth-order valence-corrected chi connectivity index (χ4v) is 11.6. The number of rotatable bonds is 9. The van der Waals surface area contributed by atoms with Crippen LogP contribution in [0.4, 0.5) is 22.7 Å². The number of allylic oxidation sites excluding steroid dienone is 7. The molecule has 71 heavy (non-hydrogen) atoms. The zero-order valence-electron chi connectivity index (χ0n) is 40.1. The van der Waals surface area contributed by atoms with Crippen LogP contribution in [0.1, 0.15) is 55.8 Å². The molecule has 0 aliphatic heterocycles. The highest BCUT2D eigenvalue weighted by Crippen LogP contribution is 2.43. The Hall–Kier alpha value is -8.84. The van der Waals surface area contributed by atoms with Crippen molar-refractivity contribution < 1.29 is 0 Å². The van der Waals surface area contributed by atoms with Crippen molar-refractivity contribution in [1.82, 2.24) is 9.13 Å². The third-order valence-corrected chi connectivity index (χ3v) is 15.0. The first-order valence-electron chi connectivity index (χ1n) is 24.7. The highest BCUT2D eigenvalue weighted by molar-refractivity contribution is 6.10. The fourth-order valence-electron chi connectivity index (χ4n) is 11.6. The van der Waals surface area contributed by atoms with Crippen LogP contribution in [0.25, 0.3) is 50.5 Å². The van der Waals surface area contributed by atoms with Gasteiger partial charge in [-0.2, -0.15) is 10.5 Å². The molecule has 0 saturated heterocycles. The molecule has 0 amide bonds. The molecule has 0 N–H and O–H groups in total. The summed E-state index contributed by atoms with van der Waals surface area (Å²) in [4.78, 5) is 4.78. The van der Waals surface area contributed by atoms with Crippen molar-refractivity contribution >= 4 is 67.6 Å². The third kappa shape index (κ3) is 7.48. The Morgan fingerprint density at radius 3 is 1.87 bits per heavy atom. The van der Waals surface area contributed by atoms with E-state index in [1.165, 1.54) is 37.8 Å². The first-order valence-corrected chi connectivity index (χ1v) is 24.7. The molecule has 0 bridgehead atoms. The Morgan fingerprint density at radius 1 is 0.577 bits per heavy atom. The van der Waals surface area contributed by atoms with Gasteiger partial charge in [0.15, 0.2) is 0 Å². The Balaban J connectivity index is 0.901. The standard InChI is InChI=1S/C65H52N6/c1-44-13-7-10-18-60(44)70-62-20-12-9-17-57(62)59-41-65(3,38-37-64(59)70)71(52-29-23-47(43-67)24-30-52)54-33-35-55(45(2)39-54)48-25-31-51(32-26-48)68(50-27-21-46(42-66)22-28-50)53-34-36-63-58(40-53)56-16-8-11-19-61(56)69(63)49-14-5-4-6-15-49/h4-37,39-41,44-45,55,60H,38H2,1-3H3. The van der Waals surface area contributed by atoms with Gasteiger partial charge in [0.1, 0.15) is 0 Å². The van der Waals surface area contributed by atoms with Crippen LogP contribution in [0.2, 0.25) is 0 Å². The van der Waals surface area contributed by atoms with Crippen molar-refractivity contribution in [1.29, 1.82) is 10.5 Å². The molecule has 3 aliphatic rings. The molecule has 0 spiro atoms. The van der Waals surface area contributed by atoms with E-state index in [-0.39, 0.29) is 17.9 Å². The molecule has 342 valence electrons. The number of benzene rings is 7. The van der Waals surface area contributed by atoms with Crippen molar-refractivity contribution in [2.45, 2.75) is 44.7 Å². The minimum Gasteiger partial charge on any atom is -0.333 e. The van der Waals surface area contributed by atoms with E-state index in [1.54, 1.807) is 0 Å². The van der Waals surface area contributed by atoms with Gasteiger partial charge in [-0.1, -0.05) is 123 Å². The highest BCUT2D eigenvalue weighted by atomic mass is 15.2. The molecule has 2 heterocycles. The lowest BCUT2D eigenvalue weighted by Crippen LogP contribution is -2.49. The normalized spacial score (nSPS) is 20.2. The summed E-state index contributed by atoms with van der Waals surface area (Å²) in [6.45, 7) is 6.98. The van der Waals surface area contributed by atoms with Gasteiger partial charge >= 0.3 is 0 Å². The zero-order valence-corrected chi connectivity index (χ0v) is 40.1. The number of aromatic nitrogens is 2. The Kier molecular flexibility index (Phi) is 10.8. The quantitative estimate of drug-likeness (QED) is 0.145. The average Bonchev–Trinajstić information content (AvgIpc) is 3.92. The minimum atomic E-state index is -0.414. The minimum absolute atomic E-state index is 0.151. The van der Waals surface area contributed by atoms with Gasteiger partial charge in [0.2, 0.25) is 0 Å². The lowest BCUT2D eigenvalue weighted by molar-refractivity contribution is 0.487. The smallest absolute Gasteiger partial charge is 0.0991 e. The van der Waals surface area contributed by atoms with Crippen LogP contribution in [0.3, 0.4) is 0 Å². The molecule has 12 rings (SSSR count). The molecule has 9 aromatic rings. The SMILES string of the molecule is CC1C=C(N(c2ccc(C#N)cc2)C2(C)C=c3c(n(C4C=CC=CC4C)c4ccccc34)=CC2)C=CC1c1ccc(N(c2ccc(C#N)cc2)c2ccc3c(c2)c2ccccc2n3-c2ccccc2)cc1. The monoisotopic (exact) mass is 916 g/mol. The highest BCUT2D eigenvalue weighted by Gasteiger charge is 2.36. The van der Waals surface area contributed by atoms with Crippen LogP contribution < -0.4 is 20.4 Å². The molecule has 3 aliphatic carbocycles. The van der Waals surface area contributed by atoms with E-state index in [1.807, 2.05) is 36.4 Å². The van der Waals surface area contributed by atoms with Gasteiger partial charge in [0.05, 0.1) is 45.9 Å². The van der Waals surface area contributed by atoms with Gasteiger partial charge in [0, 0.05) is 72.3 Å². The molecule has 5 atom stereocenters. The van der Waals surface area contributed by atoms with Crippen molar-refractivity contribution in [3.63, 3.8) is 0 Å². The van der Waals surface area contributed by atoms with Gasteiger partial charge in [-0.15, -0.1) is 0 Å². The van der Waals surface area contributed by atoms with Crippen LogP contribution in [0.5, 0.6) is 0 Å². The predicted molar refractivity (Wildman–Crippen MR) is 293 cm³/mol. The summed E-state index contributed by atoms with van der Waals surface area (Å²) in [5, 5.41) is 25.7. The lowest BCUT2D eigenvalue weighted by Gasteiger charge is -2.44. The van der Waals surface area contributed by atoms with Gasteiger partial charge in [0.25, 0.3) is 0 Å². The first kappa shape index (κ1) is 43.4. The van der Waals surface area contributed by atoms with Crippen LogP contribution in [-0.4, -0.2) is 14.7 Å². The molecular weight excluding hydrogens is 865 g/mol. The number of fused-ring (bicyclic) bond motifs is 6. The maximum atomic E-state index is 9.80. The largest absolute Gasteiger partial charge is 0.333 e. The van der Waals surface area contributed by atoms with E-state index in [0.717, 1.165) is 51.6 Å². The summed E-state index contributed by atoms with van der Waals surface area (Å²) in [7, 11) is 0. The summed E-state index contributed by atoms with van der Waals surface area (Å²) < 4.78 is 4.89. The van der Waals surface area contributed by atoms with Crippen LogP contribution in [-0.2, 0) is 0 Å². The van der Waals surface area contributed by atoms with E-state index in [0.29, 0.717) is 17.0 Å². The number of nitrogens with zero attached hydrogens (tertiary/aromatic N) is 6. The third-order valence-electron chi connectivity index (χ3n) is 15.0. The van der Waals surface area contributed by atoms with Gasteiger partial charge in [-0.25, -0.2) is 0 Å². The summed E-state index contributed by atoms with van der Waals surface area (Å²) in [5.41, 5.74) is 12.0. The molecule has 5 unspecified atom stereocenters. The summed E-state index contributed by atoms with van der Waals surface area (Å²) in [5.74, 6) is 0.706. The maximum Gasteiger partial charge on any atom is 0.0991 e. The summed E-state index contributed by atoms with van der Waals surface area (Å²) >= 11 is 0. The van der Waals surface area contributed by atoms with Gasteiger partial charge in [-0.3, -0.25) is 0 Å². The number of nitriles is 2. The van der Waals surface area contributed by atoms with Crippen molar-refractivity contribution in [3.05, 3.63) is 245 Å². The van der Waals surface area contributed by atoms with E-state index in [2.05, 4.69) is 240 Å². The molecule has 2 aromatic heterocycles. The molecule has 0 saturated carbocycles. The van der Waals surface area contributed by atoms with Crippen LogP contribution in [0, 0.1) is 34.5 Å². The lowest BCUT2D eigenvalue weighted by atomic mass is 9.81. The predicted octanol–water partition coefficient (Wildman–Crippen LogP) is 14.4. The number of anilines is 4. The van der Waals surface area contributed by atoms with E-state index in [4.69, 9.17) is 0 Å². The van der Waals surface area contributed by atoms with Gasteiger partial charge < -0.3 is 18.9 Å². The van der Waals surface area contributed by atoms with E-state index >= 15 is 0 Å². The number of hydrogen-bond acceptors (Lipinski definition) is 4. The fraction of sp³-hybridized carbons (Fsp3) is 0.138. The number of para-hydroxylation sites is 3. The molecular formula is C65H52N6. The molecule has 0 fully saturated rings. The van der Waals surface area contributed by atoms with Crippen molar-refractivity contribution in [2.24, 2.45) is 11.8 Å². The second kappa shape index (κ2) is 17.6. The van der Waals surface area contributed by atoms with E-state index in [9.17, 15) is 10.5 Å². The Labute approximate surface area is 414 Å². The van der Waals surface area contributed by atoms with Crippen LogP contribution in [0.15, 0.2) is 218 Å². The molecule has 6 nitrogen and oxygen atoms in total. The summed E-state index contributed by atoms with van der Waals surface area (Å²) in [6.07, 6.45) is 21.8. The van der Waals surface area contributed by atoms with Crippen molar-refractivity contribution in [2.75, 3.05) is 9.80 Å². The topological polar surface area (TPSA) is 63.9 Å². The van der Waals surface area contributed by atoms with Gasteiger partial charge in [-0.05, 0) is 146 Å². The second-order valence-corrected chi connectivity index (χ2v) is 19.5. The first-order chi connectivity index (χ1) is 34.8. The van der Waals surface area contributed by atoms with Crippen LogP contribution >= 0.6 is 0 Å². The average molecular weight is 917 g/mol. The Bertz CT molecular complexity index is 3870.